The average molecular weight is 551 g/mol. The number of halogens is 3. The van der Waals surface area contributed by atoms with Crippen molar-refractivity contribution < 1.29 is 27.5 Å². The number of hydrogen-bond donors (Lipinski definition) is 1. The molecule has 0 bridgehead atoms. The molecular formula is C26H21F3N8O3. The molecule has 0 fully saturated rings. The van der Waals surface area contributed by atoms with Crippen molar-refractivity contribution >= 4 is 22.6 Å². The number of carbonyl (C=O) groups excluding carboxylic acids is 2. The number of pyridine rings is 1. The lowest BCUT2D eigenvalue weighted by Gasteiger charge is -2.28. The summed E-state index contributed by atoms with van der Waals surface area (Å²) in [5, 5.41) is 4.57. The molecule has 0 atom stereocenters. The average Bonchev–Trinajstić information content (AvgIpc) is 3.68. The number of rotatable bonds is 5. The highest BCUT2D eigenvalue weighted by molar-refractivity contribution is 6.45. The summed E-state index contributed by atoms with van der Waals surface area (Å²) in [5.74, 6) is -0.571. The maximum atomic E-state index is 13.9. The summed E-state index contributed by atoms with van der Waals surface area (Å²) < 4.78 is 50.1. The molecule has 1 aliphatic heterocycles. The molecule has 0 aliphatic carbocycles. The van der Waals surface area contributed by atoms with E-state index in [9.17, 15) is 22.8 Å². The Morgan fingerprint density at radius 3 is 2.55 bits per heavy atom. The second kappa shape index (κ2) is 9.32. The van der Waals surface area contributed by atoms with Gasteiger partial charge in [-0.3, -0.25) is 9.59 Å². The van der Waals surface area contributed by atoms with E-state index in [0.717, 1.165) is 0 Å². The molecule has 11 nitrogen and oxygen atoms in total. The lowest BCUT2D eigenvalue weighted by molar-refractivity contribution is -0.140. The van der Waals surface area contributed by atoms with Gasteiger partial charge in [-0.05, 0) is 6.92 Å². The fraction of sp³-hybridized carbons (Fsp3) is 0.231. The van der Waals surface area contributed by atoms with Crippen LogP contribution in [-0.2, 0) is 24.1 Å². The van der Waals surface area contributed by atoms with Crippen LogP contribution in [0.1, 0.15) is 27.7 Å². The third-order valence-electron chi connectivity index (χ3n) is 6.71. The number of Topliss-reactive ketones (excluding diaryl/α,β-unsaturated/α-hetero) is 1. The molecule has 0 unspecified atom stereocenters. The van der Waals surface area contributed by atoms with Crippen LogP contribution in [0.25, 0.3) is 28.0 Å². The number of amides is 1. The van der Waals surface area contributed by atoms with Crippen LogP contribution in [0, 0.1) is 6.92 Å². The summed E-state index contributed by atoms with van der Waals surface area (Å²) >= 11 is 0. The molecule has 4 aromatic heterocycles. The Hall–Kier alpha value is -5.01. The van der Waals surface area contributed by atoms with E-state index in [4.69, 9.17) is 4.74 Å². The molecule has 14 heteroatoms. The fourth-order valence-corrected chi connectivity index (χ4v) is 4.91. The maximum Gasteiger partial charge on any atom is 0.435 e. The van der Waals surface area contributed by atoms with Crippen LogP contribution in [0.2, 0.25) is 0 Å². The molecule has 0 saturated heterocycles. The zero-order chi connectivity index (χ0) is 28.2. The fourth-order valence-electron chi connectivity index (χ4n) is 4.91. The zero-order valence-corrected chi connectivity index (χ0v) is 21.2. The zero-order valence-electron chi connectivity index (χ0n) is 21.2. The largest absolute Gasteiger partial charge is 0.494 e. The summed E-state index contributed by atoms with van der Waals surface area (Å²) in [4.78, 5) is 43.3. The third kappa shape index (κ3) is 4.08. The molecule has 1 aromatic carbocycles. The number of benzene rings is 1. The van der Waals surface area contributed by atoms with Crippen molar-refractivity contribution in [3.63, 3.8) is 0 Å². The van der Waals surface area contributed by atoms with E-state index in [1.807, 2.05) is 0 Å². The summed E-state index contributed by atoms with van der Waals surface area (Å²) in [6.45, 7) is 1.52. The van der Waals surface area contributed by atoms with Crippen molar-refractivity contribution in [2.75, 3.05) is 13.7 Å². The molecule has 5 aromatic rings. The van der Waals surface area contributed by atoms with Crippen molar-refractivity contribution in [1.82, 2.24) is 39.2 Å². The number of H-pyrrole nitrogens is 1. The van der Waals surface area contributed by atoms with E-state index in [0.29, 0.717) is 28.1 Å². The van der Waals surface area contributed by atoms with Gasteiger partial charge in [0.25, 0.3) is 11.7 Å². The SMILES string of the molecule is COc1cnc(-n2cnc(C)n2)c2[nH]cc(C(=O)C(=O)N3CCn4c(nc(C(F)(F)F)c4-c4ccccc4)C3)c12. The van der Waals surface area contributed by atoms with Gasteiger partial charge in [-0.1, -0.05) is 30.3 Å². The highest BCUT2D eigenvalue weighted by atomic mass is 19.4. The minimum absolute atomic E-state index is 0.0234. The number of methoxy groups -OCH3 is 1. The van der Waals surface area contributed by atoms with E-state index in [1.165, 1.54) is 40.0 Å². The Balaban J connectivity index is 1.35. The summed E-state index contributed by atoms with van der Waals surface area (Å²) in [5.41, 5.74) is -0.295. The number of hydrogen-bond acceptors (Lipinski definition) is 7. The van der Waals surface area contributed by atoms with Crippen LogP contribution in [0.4, 0.5) is 13.2 Å². The molecule has 1 aliphatic rings. The normalized spacial score (nSPS) is 13.5. The summed E-state index contributed by atoms with van der Waals surface area (Å²) in [6, 6.07) is 8.16. The Bertz CT molecular complexity index is 1770. The van der Waals surface area contributed by atoms with Crippen LogP contribution in [0.15, 0.2) is 49.1 Å². The number of ketones is 1. The van der Waals surface area contributed by atoms with E-state index >= 15 is 0 Å². The second-order valence-electron chi connectivity index (χ2n) is 9.14. The third-order valence-corrected chi connectivity index (χ3v) is 6.71. The number of carbonyl (C=O) groups is 2. The van der Waals surface area contributed by atoms with Crippen molar-refractivity contribution in [2.24, 2.45) is 0 Å². The second-order valence-corrected chi connectivity index (χ2v) is 9.14. The number of alkyl halides is 3. The number of ether oxygens (including phenoxy) is 1. The highest BCUT2D eigenvalue weighted by Crippen LogP contribution is 2.38. The Labute approximate surface area is 224 Å². The van der Waals surface area contributed by atoms with Crippen molar-refractivity contribution in [1.29, 1.82) is 0 Å². The standard InChI is InChI=1S/C26H21F3N8O3/c1-14-32-13-37(34-14)24-20-19(17(40-2)11-31-24)16(10-30-20)22(38)25(39)35-8-9-36-18(12-35)33-23(26(27,28)29)21(36)15-6-4-3-5-7-15/h3-7,10-11,13,30H,8-9,12H2,1-2H3. The van der Waals surface area contributed by atoms with Gasteiger partial charge in [0.2, 0.25) is 0 Å². The predicted molar refractivity (Wildman–Crippen MR) is 135 cm³/mol. The molecule has 5 heterocycles. The number of nitrogens with one attached hydrogen (secondary N) is 1. The molecule has 0 saturated carbocycles. The number of aromatic nitrogens is 7. The van der Waals surface area contributed by atoms with E-state index in [2.05, 4.69) is 25.0 Å². The predicted octanol–water partition coefficient (Wildman–Crippen LogP) is 3.57. The minimum Gasteiger partial charge on any atom is -0.494 e. The highest BCUT2D eigenvalue weighted by Gasteiger charge is 2.41. The number of aryl methyl sites for hydroxylation is 1. The number of nitrogens with zero attached hydrogens (tertiary/aromatic N) is 7. The van der Waals surface area contributed by atoms with Crippen molar-refractivity contribution in [3.05, 3.63) is 72.0 Å². The van der Waals surface area contributed by atoms with Gasteiger partial charge in [-0.2, -0.15) is 18.3 Å². The monoisotopic (exact) mass is 550 g/mol. The van der Waals surface area contributed by atoms with Gasteiger partial charge in [0, 0.05) is 24.8 Å². The minimum atomic E-state index is -4.70. The van der Waals surface area contributed by atoms with Gasteiger partial charge in [0.05, 0.1) is 42.0 Å². The quantitative estimate of drug-likeness (QED) is 0.262. The molecular weight excluding hydrogens is 529 g/mol. The maximum absolute atomic E-state index is 13.9. The molecule has 6 rings (SSSR count). The van der Waals surface area contributed by atoms with Gasteiger partial charge >= 0.3 is 6.18 Å². The van der Waals surface area contributed by atoms with Gasteiger partial charge in [0.15, 0.2) is 11.5 Å². The van der Waals surface area contributed by atoms with E-state index in [1.54, 1.807) is 37.3 Å². The number of fused-ring (bicyclic) bond motifs is 2. The van der Waals surface area contributed by atoms with Crippen molar-refractivity contribution in [2.45, 2.75) is 26.2 Å². The van der Waals surface area contributed by atoms with Crippen LogP contribution >= 0.6 is 0 Å². The van der Waals surface area contributed by atoms with Gasteiger partial charge in [-0.15, -0.1) is 0 Å². The van der Waals surface area contributed by atoms with Crippen LogP contribution in [0.3, 0.4) is 0 Å². The van der Waals surface area contributed by atoms with E-state index in [-0.39, 0.29) is 42.5 Å². The number of aromatic amines is 1. The summed E-state index contributed by atoms with van der Waals surface area (Å²) in [6.07, 6.45) is -0.450. The number of imidazole rings is 1. The van der Waals surface area contributed by atoms with Gasteiger partial charge < -0.3 is 19.2 Å². The first-order valence-corrected chi connectivity index (χ1v) is 12.2. The first-order chi connectivity index (χ1) is 19.2. The first-order valence-electron chi connectivity index (χ1n) is 12.2. The smallest absolute Gasteiger partial charge is 0.435 e. The van der Waals surface area contributed by atoms with Crippen LogP contribution < -0.4 is 4.74 Å². The summed E-state index contributed by atoms with van der Waals surface area (Å²) in [7, 11) is 1.41. The Morgan fingerprint density at radius 1 is 1.10 bits per heavy atom. The topological polar surface area (TPSA) is 124 Å². The lowest BCUT2D eigenvalue weighted by Crippen LogP contribution is -2.42. The molecule has 1 amide bonds. The van der Waals surface area contributed by atoms with Crippen LogP contribution in [0.5, 0.6) is 5.75 Å². The van der Waals surface area contributed by atoms with Crippen molar-refractivity contribution in [3.8, 4) is 22.8 Å². The molecule has 0 radical (unpaired) electrons. The molecule has 0 spiro atoms. The Morgan fingerprint density at radius 2 is 1.88 bits per heavy atom. The van der Waals surface area contributed by atoms with Gasteiger partial charge in [0.1, 0.15) is 23.7 Å². The molecule has 1 N–H and O–H groups in total. The van der Waals surface area contributed by atoms with E-state index < -0.39 is 23.6 Å². The Kier molecular flexibility index (Phi) is 5.89. The van der Waals surface area contributed by atoms with Gasteiger partial charge in [-0.25, -0.2) is 19.6 Å². The molecule has 204 valence electrons. The lowest BCUT2D eigenvalue weighted by atomic mass is 10.1. The first kappa shape index (κ1) is 25.3. The molecule has 40 heavy (non-hydrogen) atoms. The van der Waals surface area contributed by atoms with Crippen LogP contribution in [-0.4, -0.2) is 64.5 Å².